The minimum atomic E-state index is -1.85. The first-order valence-corrected chi connectivity index (χ1v) is 11.1. The highest BCUT2D eigenvalue weighted by Gasteiger charge is 2.38. The molecule has 24 heavy (non-hydrogen) atoms. The smallest absolute Gasteiger partial charge is 0.315 e. The largest absolute Gasteiger partial charge is 0.543 e. The SMILES string of the molecule is CC(C)(C)[Si](C)(C)Oc1ccc(OC(=O)Cc2ccccc2)cc1. The molecule has 0 aromatic heterocycles. The van der Waals surface area contributed by atoms with Gasteiger partial charge in [0.2, 0.25) is 8.32 Å². The van der Waals surface area contributed by atoms with Gasteiger partial charge in [-0.05, 0) is 48.0 Å². The molecule has 0 N–H and O–H groups in total. The second-order valence-corrected chi connectivity index (χ2v) is 12.2. The predicted molar refractivity (Wildman–Crippen MR) is 100 cm³/mol. The first-order chi connectivity index (χ1) is 11.2. The summed E-state index contributed by atoms with van der Waals surface area (Å²) in [7, 11) is -1.85. The standard InChI is InChI=1S/C20H26O3Si/c1-20(2,3)24(4,5)23-18-13-11-17(12-14-18)22-19(21)15-16-9-7-6-8-10-16/h6-14H,15H2,1-5H3. The number of carbonyl (C=O) groups excluding carboxylic acids is 1. The highest BCUT2D eigenvalue weighted by Crippen LogP contribution is 2.37. The average Bonchev–Trinajstić information content (AvgIpc) is 2.49. The molecular formula is C20H26O3Si. The van der Waals surface area contributed by atoms with Gasteiger partial charge in [-0.25, -0.2) is 0 Å². The topological polar surface area (TPSA) is 35.5 Å². The van der Waals surface area contributed by atoms with E-state index in [1.165, 1.54) is 0 Å². The van der Waals surface area contributed by atoms with Gasteiger partial charge in [0.05, 0.1) is 6.42 Å². The van der Waals surface area contributed by atoms with Gasteiger partial charge in [0.25, 0.3) is 0 Å². The average molecular weight is 343 g/mol. The van der Waals surface area contributed by atoms with Crippen LogP contribution < -0.4 is 9.16 Å². The molecule has 0 aliphatic heterocycles. The fourth-order valence-electron chi connectivity index (χ4n) is 1.95. The van der Waals surface area contributed by atoms with E-state index in [2.05, 4.69) is 33.9 Å². The van der Waals surface area contributed by atoms with Crippen LogP contribution in [0.2, 0.25) is 18.1 Å². The van der Waals surface area contributed by atoms with Gasteiger partial charge < -0.3 is 9.16 Å². The molecule has 0 saturated heterocycles. The number of ether oxygens (including phenoxy) is 1. The zero-order valence-corrected chi connectivity index (χ0v) is 16.1. The number of hydrogen-bond donors (Lipinski definition) is 0. The van der Waals surface area contributed by atoms with Crippen LogP contribution in [0.1, 0.15) is 26.3 Å². The van der Waals surface area contributed by atoms with Crippen molar-refractivity contribution in [1.82, 2.24) is 0 Å². The molecule has 4 heteroatoms. The van der Waals surface area contributed by atoms with Crippen LogP contribution in [0.3, 0.4) is 0 Å². The molecule has 2 aromatic carbocycles. The van der Waals surface area contributed by atoms with Crippen LogP contribution in [0, 0.1) is 0 Å². The van der Waals surface area contributed by atoms with Gasteiger partial charge >= 0.3 is 5.97 Å². The first-order valence-electron chi connectivity index (χ1n) is 8.21. The molecule has 0 unspecified atom stereocenters. The van der Waals surface area contributed by atoms with Gasteiger partial charge in [-0.15, -0.1) is 0 Å². The Kier molecular flexibility index (Phi) is 5.50. The van der Waals surface area contributed by atoms with E-state index in [-0.39, 0.29) is 17.4 Å². The van der Waals surface area contributed by atoms with E-state index < -0.39 is 8.32 Å². The van der Waals surface area contributed by atoms with Crippen molar-refractivity contribution in [3.63, 3.8) is 0 Å². The van der Waals surface area contributed by atoms with Crippen molar-refractivity contribution in [3.8, 4) is 11.5 Å². The number of hydrogen-bond acceptors (Lipinski definition) is 3. The van der Waals surface area contributed by atoms with Crippen LogP contribution >= 0.6 is 0 Å². The third-order valence-electron chi connectivity index (χ3n) is 4.43. The zero-order chi connectivity index (χ0) is 17.8. The van der Waals surface area contributed by atoms with Crippen LogP contribution in [0.25, 0.3) is 0 Å². The monoisotopic (exact) mass is 342 g/mol. The van der Waals surface area contributed by atoms with Crippen molar-refractivity contribution in [3.05, 3.63) is 60.2 Å². The fourth-order valence-corrected chi connectivity index (χ4v) is 2.99. The predicted octanol–water partition coefficient (Wildman–Crippen LogP) is 5.22. The molecule has 0 aliphatic carbocycles. The first kappa shape index (κ1) is 18.3. The lowest BCUT2D eigenvalue weighted by molar-refractivity contribution is -0.133. The summed E-state index contributed by atoms with van der Waals surface area (Å²) in [5.41, 5.74) is 0.945. The van der Waals surface area contributed by atoms with E-state index in [4.69, 9.17) is 9.16 Å². The van der Waals surface area contributed by atoms with Crippen molar-refractivity contribution in [2.24, 2.45) is 0 Å². The summed E-state index contributed by atoms with van der Waals surface area (Å²) in [4.78, 5) is 12.0. The van der Waals surface area contributed by atoms with Crippen LogP contribution in [0.4, 0.5) is 0 Å². The molecule has 0 radical (unpaired) electrons. The Hall–Kier alpha value is -2.07. The van der Waals surface area contributed by atoms with Gasteiger partial charge in [-0.1, -0.05) is 51.1 Å². The van der Waals surface area contributed by atoms with Crippen LogP contribution in [-0.2, 0) is 11.2 Å². The Morgan fingerprint density at radius 1 is 0.917 bits per heavy atom. The molecule has 0 heterocycles. The Morgan fingerprint density at radius 2 is 1.46 bits per heavy atom. The molecule has 0 spiro atoms. The Bertz CT molecular complexity index is 670. The van der Waals surface area contributed by atoms with Gasteiger partial charge in [-0.3, -0.25) is 4.79 Å². The van der Waals surface area contributed by atoms with Crippen molar-refractivity contribution in [2.75, 3.05) is 0 Å². The molecule has 128 valence electrons. The summed E-state index contributed by atoms with van der Waals surface area (Å²) in [5, 5.41) is 0.147. The Labute approximate surface area is 145 Å². The third-order valence-corrected chi connectivity index (χ3v) is 8.78. The quantitative estimate of drug-likeness (QED) is 0.424. The minimum absolute atomic E-state index is 0.147. The lowest BCUT2D eigenvalue weighted by Gasteiger charge is -2.36. The number of esters is 1. The van der Waals surface area contributed by atoms with E-state index in [1.807, 2.05) is 42.5 Å². The Balaban J connectivity index is 1.96. The van der Waals surface area contributed by atoms with Crippen LogP contribution in [0.15, 0.2) is 54.6 Å². The maximum atomic E-state index is 12.0. The summed E-state index contributed by atoms with van der Waals surface area (Å²) < 4.78 is 11.6. The second kappa shape index (κ2) is 7.22. The summed E-state index contributed by atoms with van der Waals surface area (Å²) in [5.74, 6) is 1.10. The summed E-state index contributed by atoms with van der Waals surface area (Å²) in [6, 6.07) is 16.9. The zero-order valence-electron chi connectivity index (χ0n) is 15.1. The lowest BCUT2D eigenvalue weighted by atomic mass is 10.2. The Morgan fingerprint density at radius 3 is 2.00 bits per heavy atom. The molecule has 3 nitrogen and oxygen atoms in total. The molecule has 0 aliphatic rings. The van der Waals surface area contributed by atoms with Crippen molar-refractivity contribution in [2.45, 2.75) is 45.3 Å². The summed E-state index contributed by atoms with van der Waals surface area (Å²) >= 11 is 0. The number of rotatable bonds is 5. The third kappa shape index (κ3) is 4.96. The van der Waals surface area contributed by atoms with E-state index in [9.17, 15) is 4.79 Å². The fraction of sp³-hybridized carbons (Fsp3) is 0.350. The van der Waals surface area contributed by atoms with Crippen molar-refractivity contribution >= 4 is 14.3 Å². The molecule has 0 amide bonds. The van der Waals surface area contributed by atoms with Crippen LogP contribution in [0.5, 0.6) is 11.5 Å². The normalized spacial score (nSPS) is 11.9. The molecule has 0 bridgehead atoms. The molecular weight excluding hydrogens is 316 g/mol. The lowest BCUT2D eigenvalue weighted by Crippen LogP contribution is -2.43. The molecule has 2 rings (SSSR count). The summed E-state index contributed by atoms with van der Waals surface area (Å²) in [6.45, 7) is 11.0. The number of benzene rings is 2. The van der Waals surface area contributed by atoms with Gasteiger partial charge in [0.15, 0.2) is 0 Å². The maximum absolute atomic E-state index is 12.0. The van der Waals surface area contributed by atoms with Gasteiger partial charge in [0.1, 0.15) is 11.5 Å². The van der Waals surface area contributed by atoms with E-state index in [1.54, 1.807) is 12.1 Å². The van der Waals surface area contributed by atoms with E-state index in [0.717, 1.165) is 11.3 Å². The van der Waals surface area contributed by atoms with E-state index >= 15 is 0 Å². The highest BCUT2D eigenvalue weighted by atomic mass is 28.4. The molecule has 0 saturated carbocycles. The molecule has 0 fully saturated rings. The van der Waals surface area contributed by atoms with Crippen molar-refractivity contribution < 1.29 is 14.0 Å². The van der Waals surface area contributed by atoms with Crippen molar-refractivity contribution in [1.29, 1.82) is 0 Å². The highest BCUT2D eigenvalue weighted by molar-refractivity contribution is 6.74. The second-order valence-electron chi connectivity index (χ2n) is 7.47. The maximum Gasteiger partial charge on any atom is 0.315 e. The van der Waals surface area contributed by atoms with E-state index in [0.29, 0.717) is 5.75 Å². The molecule has 0 atom stereocenters. The minimum Gasteiger partial charge on any atom is -0.543 e. The van der Waals surface area contributed by atoms with Crippen LogP contribution in [-0.4, -0.2) is 14.3 Å². The van der Waals surface area contributed by atoms with Gasteiger partial charge in [0, 0.05) is 0 Å². The van der Waals surface area contributed by atoms with Gasteiger partial charge in [-0.2, -0.15) is 0 Å². The molecule has 2 aromatic rings. The summed E-state index contributed by atoms with van der Waals surface area (Å²) in [6.07, 6.45) is 0.267. The number of carbonyl (C=O) groups is 1.